The molecule has 1 aliphatic rings. The highest BCUT2D eigenvalue weighted by molar-refractivity contribution is 6.24. The summed E-state index contributed by atoms with van der Waals surface area (Å²) in [4.78, 5) is 19.8. The molecule has 2 heterocycles. The zero-order chi connectivity index (χ0) is 17.5. The number of hydrogen-bond donors (Lipinski definition) is 0. The molecular formula is C23H16N2O. The predicted molar refractivity (Wildman–Crippen MR) is 104 cm³/mol. The van der Waals surface area contributed by atoms with E-state index in [1.807, 2.05) is 89.8 Å². The average Bonchev–Trinajstić information content (AvgIpc) is 2.97. The number of carbonyl (C=O) groups is 1. The summed E-state index contributed by atoms with van der Waals surface area (Å²) in [6.45, 7) is 0.564. The van der Waals surface area contributed by atoms with Crippen molar-refractivity contribution in [1.29, 1.82) is 0 Å². The zero-order valence-electron chi connectivity index (χ0n) is 14.1. The quantitative estimate of drug-likeness (QED) is 0.524. The van der Waals surface area contributed by atoms with Crippen molar-refractivity contribution in [1.82, 2.24) is 4.98 Å². The molecule has 124 valence electrons. The van der Waals surface area contributed by atoms with Gasteiger partial charge in [-0.15, -0.1) is 0 Å². The van der Waals surface area contributed by atoms with Crippen LogP contribution < -0.4 is 4.90 Å². The van der Waals surface area contributed by atoms with Gasteiger partial charge in [-0.1, -0.05) is 66.7 Å². The van der Waals surface area contributed by atoms with Crippen LogP contribution in [0.5, 0.6) is 0 Å². The first-order valence-electron chi connectivity index (χ1n) is 8.66. The van der Waals surface area contributed by atoms with Crippen molar-refractivity contribution in [2.24, 2.45) is 0 Å². The first-order chi connectivity index (χ1) is 12.8. The minimum absolute atomic E-state index is 0.0413. The van der Waals surface area contributed by atoms with Crippen LogP contribution >= 0.6 is 0 Å². The van der Waals surface area contributed by atoms with E-state index in [4.69, 9.17) is 4.98 Å². The maximum Gasteiger partial charge on any atom is 0.259 e. The molecule has 0 bridgehead atoms. The van der Waals surface area contributed by atoms with Gasteiger partial charge in [0.2, 0.25) is 0 Å². The van der Waals surface area contributed by atoms with E-state index in [1.54, 1.807) is 0 Å². The van der Waals surface area contributed by atoms with Crippen LogP contribution in [-0.4, -0.2) is 10.9 Å². The molecule has 0 radical (unpaired) electrons. The molecule has 26 heavy (non-hydrogen) atoms. The molecule has 0 N–H and O–H groups in total. The van der Waals surface area contributed by atoms with Crippen molar-refractivity contribution in [3.8, 4) is 11.3 Å². The predicted octanol–water partition coefficient (Wildman–Crippen LogP) is 5.06. The number of benzene rings is 3. The highest BCUT2D eigenvalue weighted by Crippen LogP contribution is 2.39. The van der Waals surface area contributed by atoms with Gasteiger partial charge in [0.1, 0.15) is 0 Å². The molecule has 1 aliphatic heterocycles. The Morgan fingerprint density at radius 3 is 2.31 bits per heavy atom. The van der Waals surface area contributed by atoms with Crippen LogP contribution in [0.15, 0.2) is 84.9 Å². The van der Waals surface area contributed by atoms with Crippen molar-refractivity contribution in [3.05, 3.63) is 96.1 Å². The van der Waals surface area contributed by atoms with Gasteiger partial charge in [-0.25, -0.2) is 4.98 Å². The summed E-state index contributed by atoms with van der Waals surface area (Å²) in [5.41, 5.74) is 5.51. The lowest BCUT2D eigenvalue weighted by molar-refractivity contribution is 0.0991. The molecule has 0 fully saturated rings. The number of hydrogen-bond acceptors (Lipinski definition) is 2. The van der Waals surface area contributed by atoms with Crippen LogP contribution in [0.2, 0.25) is 0 Å². The van der Waals surface area contributed by atoms with E-state index in [0.717, 1.165) is 39.0 Å². The Kier molecular flexibility index (Phi) is 3.32. The molecule has 0 saturated carbocycles. The SMILES string of the molecule is O=C1c2cc(-c3ccccc3)nc3cccc(c23)N1Cc1ccccc1. The van der Waals surface area contributed by atoms with Gasteiger partial charge >= 0.3 is 0 Å². The first kappa shape index (κ1) is 14.8. The van der Waals surface area contributed by atoms with E-state index >= 15 is 0 Å². The van der Waals surface area contributed by atoms with Crippen LogP contribution in [0.3, 0.4) is 0 Å². The molecule has 3 nitrogen and oxygen atoms in total. The Bertz CT molecular complexity index is 1120. The molecule has 0 saturated heterocycles. The number of anilines is 1. The monoisotopic (exact) mass is 336 g/mol. The van der Waals surface area contributed by atoms with E-state index < -0.39 is 0 Å². The summed E-state index contributed by atoms with van der Waals surface area (Å²) in [7, 11) is 0. The van der Waals surface area contributed by atoms with Crippen molar-refractivity contribution in [2.75, 3.05) is 4.90 Å². The second-order valence-electron chi connectivity index (χ2n) is 6.47. The van der Waals surface area contributed by atoms with Gasteiger partial charge in [0.25, 0.3) is 5.91 Å². The summed E-state index contributed by atoms with van der Waals surface area (Å²) in [5, 5.41) is 0.952. The third-order valence-corrected chi connectivity index (χ3v) is 4.83. The number of nitrogens with zero attached hydrogens (tertiary/aromatic N) is 2. The third-order valence-electron chi connectivity index (χ3n) is 4.83. The van der Waals surface area contributed by atoms with Gasteiger partial charge in [-0.3, -0.25) is 4.79 Å². The third kappa shape index (κ3) is 2.29. The number of pyridine rings is 1. The summed E-state index contributed by atoms with van der Waals surface area (Å²) in [6, 6.07) is 27.9. The van der Waals surface area contributed by atoms with Gasteiger partial charge in [0, 0.05) is 10.9 Å². The Morgan fingerprint density at radius 1 is 0.808 bits per heavy atom. The fourth-order valence-corrected chi connectivity index (χ4v) is 3.60. The van der Waals surface area contributed by atoms with Gasteiger partial charge in [0.05, 0.1) is 29.0 Å². The summed E-state index contributed by atoms with van der Waals surface area (Å²) in [6.07, 6.45) is 0. The zero-order valence-corrected chi connectivity index (χ0v) is 14.1. The van der Waals surface area contributed by atoms with Crippen LogP contribution in [0.4, 0.5) is 5.69 Å². The minimum atomic E-state index is 0.0413. The highest BCUT2D eigenvalue weighted by Gasteiger charge is 2.30. The lowest BCUT2D eigenvalue weighted by Gasteiger charge is -2.17. The van der Waals surface area contributed by atoms with E-state index in [9.17, 15) is 4.79 Å². The normalized spacial score (nSPS) is 12.8. The Hall–Kier alpha value is -3.46. The van der Waals surface area contributed by atoms with Crippen molar-refractivity contribution >= 4 is 22.5 Å². The largest absolute Gasteiger partial charge is 0.303 e. The lowest BCUT2D eigenvalue weighted by atomic mass is 10.1. The standard InChI is InChI=1S/C23H16N2O/c26-23-18-14-20(17-10-5-2-6-11-17)24-19-12-7-13-21(22(18)19)25(23)15-16-8-3-1-4-9-16/h1-14H,15H2. The molecule has 0 aliphatic carbocycles. The van der Waals surface area contributed by atoms with Crippen molar-refractivity contribution in [2.45, 2.75) is 6.54 Å². The number of rotatable bonds is 3. The molecule has 1 amide bonds. The summed E-state index contributed by atoms with van der Waals surface area (Å²) in [5.74, 6) is 0.0413. The number of aromatic nitrogens is 1. The fraction of sp³-hybridized carbons (Fsp3) is 0.0435. The molecule has 0 unspecified atom stereocenters. The van der Waals surface area contributed by atoms with E-state index in [0.29, 0.717) is 6.54 Å². The summed E-state index contributed by atoms with van der Waals surface area (Å²) < 4.78 is 0. The van der Waals surface area contributed by atoms with Crippen LogP contribution in [-0.2, 0) is 6.54 Å². The second-order valence-corrected chi connectivity index (χ2v) is 6.47. The second kappa shape index (κ2) is 5.81. The fourth-order valence-electron chi connectivity index (χ4n) is 3.60. The maximum atomic E-state index is 13.2. The van der Waals surface area contributed by atoms with Crippen LogP contribution in [0, 0.1) is 0 Å². The van der Waals surface area contributed by atoms with Crippen LogP contribution in [0.1, 0.15) is 15.9 Å². The molecule has 0 spiro atoms. The number of carbonyl (C=O) groups excluding carboxylic acids is 1. The topological polar surface area (TPSA) is 33.2 Å². The lowest BCUT2D eigenvalue weighted by Crippen LogP contribution is -2.26. The molecule has 0 atom stereocenters. The Balaban J connectivity index is 1.65. The van der Waals surface area contributed by atoms with E-state index in [-0.39, 0.29) is 5.91 Å². The molecule has 4 aromatic rings. The average molecular weight is 336 g/mol. The van der Waals surface area contributed by atoms with E-state index in [2.05, 4.69) is 0 Å². The summed E-state index contributed by atoms with van der Waals surface area (Å²) >= 11 is 0. The van der Waals surface area contributed by atoms with E-state index in [1.165, 1.54) is 0 Å². The van der Waals surface area contributed by atoms with Crippen molar-refractivity contribution in [3.63, 3.8) is 0 Å². The minimum Gasteiger partial charge on any atom is -0.303 e. The molecular weight excluding hydrogens is 320 g/mol. The van der Waals surface area contributed by atoms with Crippen molar-refractivity contribution < 1.29 is 4.79 Å². The number of amides is 1. The smallest absolute Gasteiger partial charge is 0.259 e. The molecule has 5 rings (SSSR count). The molecule has 3 aromatic carbocycles. The van der Waals surface area contributed by atoms with Gasteiger partial charge in [-0.2, -0.15) is 0 Å². The Labute approximate surface area is 151 Å². The molecule has 3 heteroatoms. The Morgan fingerprint density at radius 2 is 1.54 bits per heavy atom. The highest BCUT2D eigenvalue weighted by atomic mass is 16.2. The van der Waals surface area contributed by atoms with Gasteiger partial charge in [-0.05, 0) is 23.8 Å². The van der Waals surface area contributed by atoms with Gasteiger partial charge < -0.3 is 4.90 Å². The van der Waals surface area contributed by atoms with Crippen LogP contribution in [0.25, 0.3) is 22.2 Å². The molecule has 1 aromatic heterocycles. The maximum absolute atomic E-state index is 13.2. The van der Waals surface area contributed by atoms with Gasteiger partial charge in [0.15, 0.2) is 0 Å². The first-order valence-corrected chi connectivity index (χ1v) is 8.66.